The molecule has 0 radical (unpaired) electrons. The Hall–Kier alpha value is -1.13. The van der Waals surface area contributed by atoms with Crippen molar-refractivity contribution in [2.45, 2.75) is 44.6 Å². The largest absolute Gasteiger partial charge is 0.381 e. The summed E-state index contributed by atoms with van der Waals surface area (Å²) in [5.74, 6) is -0.309. The first-order valence-corrected chi connectivity index (χ1v) is 8.66. The number of methoxy groups -OCH3 is 1. The minimum Gasteiger partial charge on any atom is -0.381 e. The van der Waals surface area contributed by atoms with Crippen LogP contribution in [0.25, 0.3) is 0 Å². The lowest BCUT2D eigenvalue weighted by Crippen LogP contribution is -2.50. The molecule has 1 spiro atoms. The van der Waals surface area contributed by atoms with Gasteiger partial charge >= 0.3 is 0 Å². The first-order valence-electron chi connectivity index (χ1n) is 8.28. The van der Waals surface area contributed by atoms with Crippen LogP contribution in [-0.2, 0) is 16.0 Å². The summed E-state index contributed by atoms with van der Waals surface area (Å²) in [5, 5.41) is 0.320. The lowest BCUT2D eigenvalue weighted by Gasteiger charge is -2.43. The molecule has 3 nitrogen and oxygen atoms in total. The van der Waals surface area contributed by atoms with E-state index >= 15 is 0 Å². The quantitative estimate of drug-likeness (QED) is 0.837. The second kappa shape index (κ2) is 6.78. The second-order valence-corrected chi connectivity index (χ2v) is 7.22. The van der Waals surface area contributed by atoms with Crippen LogP contribution in [-0.4, -0.2) is 37.1 Å². The van der Waals surface area contributed by atoms with Crippen LogP contribution in [0.2, 0.25) is 5.02 Å². The Kier molecular flexibility index (Phi) is 4.93. The first-order chi connectivity index (χ1) is 11.0. The third-order valence-corrected chi connectivity index (χ3v) is 5.78. The van der Waals surface area contributed by atoms with Gasteiger partial charge in [0.05, 0.1) is 12.5 Å². The van der Waals surface area contributed by atoms with E-state index in [1.54, 1.807) is 13.2 Å². The molecule has 1 saturated heterocycles. The highest BCUT2D eigenvalue weighted by Gasteiger charge is 2.46. The fourth-order valence-electron chi connectivity index (χ4n) is 4.25. The van der Waals surface area contributed by atoms with Gasteiger partial charge in [-0.3, -0.25) is 4.79 Å². The van der Waals surface area contributed by atoms with Crippen molar-refractivity contribution in [3.63, 3.8) is 0 Å². The molecule has 1 aliphatic heterocycles. The molecule has 1 heterocycles. The highest BCUT2D eigenvalue weighted by atomic mass is 35.5. The molecule has 0 N–H and O–H groups in total. The van der Waals surface area contributed by atoms with E-state index in [0.29, 0.717) is 10.6 Å². The van der Waals surface area contributed by atoms with Crippen molar-refractivity contribution in [1.29, 1.82) is 0 Å². The third kappa shape index (κ3) is 3.38. The highest BCUT2D eigenvalue weighted by molar-refractivity contribution is 6.31. The molecule has 1 aromatic rings. The number of piperidine rings is 1. The summed E-state index contributed by atoms with van der Waals surface area (Å²) in [6, 6.07) is 4.21. The molecule has 1 aromatic carbocycles. The van der Waals surface area contributed by atoms with E-state index < -0.39 is 0 Å². The summed E-state index contributed by atoms with van der Waals surface area (Å²) in [4.78, 5) is 14.6. The Labute approximate surface area is 141 Å². The van der Waals surface area contributed by atoms with E-state index in [1.165, 1.54) is 18.6 Å². The van der Waals surface area contributed by atoms with E-state index in [9.17, 15) is 9.18 Å². The number of nitrogens with zero attached hydrogens (tertiary/aromatic N) is 1. The van der Waals surface area contributed by atoms with Crippen LogP contribution in [0.4, 0.5) is 4.39 Å². The fourth-order valence-corrected chi connectivity index (χ4v) is 4.49. The van der Waals surface area contributed by atoms with Crippen LogP contribution in [0.1, 0.15) is 37.7 Å². The van der Waals surface area contributed by atoms with Crippen molar-refractivity contribution in [1.82, 2.24) is 4.90 Å². The van der Waals surface area contributed by atoms with Gasteiger partial charge in [0.2, 0.25) is 5.91 Å². The molecule has 1 aliphatic carbocycles. The molecule has 2 fully saturated rings. The van der Waals surface area contributed by atoms with E-state index in [2.05, 4.69) is 0 Å². The predicted octanol–water partition coefficient (Wildman–Crippen LogP) is 3.83. The van der Waals surface area contributed by atoms with Crippen LogP contribution >= 0.6 is 11.6 Å². The lowest BCUT2D eigenvalue weighted by molar-refractivity contribution is -0.136. The van der Waals surface area contributed by atoms with Gasteiger partial charge in [-0.25, -0.2) is 4.39 Å². The summed E-state index contributed by atoms with van der Waals surface area (Å²) in [5.41, 5.74) is 0.808. The molecule has 0 bridgehead atoms. The minimum atomic E-state index is -0.378. The monoisotopic (exact) mass is 339 g/mol. The van der Waals surface area contributed by atoms with Crippen molar-refractivity contribution < 1.29 is 13.9 Å². The van der Waals surface area contributed by atoms with E-state index in [1.807, 2.05) is 4.90 Å². The van der Waals surface area contributed by atoms with E-state index in [-0.39, 0.29) is 29.7 Å². The van der Waals surface area contributed by atoms with E-state index in [0.717, 1.165) is 38.8 Å². The molecule has 2 aliphatic rings. The Balaban J connectivity index is 1.70. The molecule has 0 unspecified atom stereocenters. The molecular weight excluding hydrogens is 317 g/mol. The third-order valence-electron chi connectivity index (χ3n) is 5.43. The summed E-state index contributed by atoms with van der Waals surface area (Å²) in [7, 11) is 1.77. The molecular formula is C18H23ClFNO2. The zero-order chi connectivity index (χ0) is 16.4. The Bertz CT molecular complexity index is 594. The Morgan fingerprint density at radius 2 is 2.22 bits per heavy atom. The lowest BCUT2D eigenvalue weighted by atomic mass is 9.76. The Morgan fingerprint density at radius 3 is 2.96 bits per heavy atom. The van der Waals surface area contributed by atoms with Crippen molar-refractivity contribution in [2.24, 2.45) is 5.41 Å². The number of hydrogen-bond donors (Lipinski definition) is 0. The number of amides is 1. The Morgan fingerprint density at radius 1 is 1.43 bits per heavy atom. The van der Waals surface area contributed by atoms with Crippen molar-refractivity contribution in [3.8, 4) is 0 Å². The van der Waals surface area contributed by atoms with Gasteiger partial charge in [-0.15, -0.1) is 0 Å². The second-order valence-electron chi connectivity index (χ2n) is 6.81. The summed E-state index contributed by atoms with van der Waals surface area (Å²) in [6.07, 6.45) is 6.02. The zero-order valence-electron chi connectivity index (χ0n) is 13.5. The SMILES string of the molecule is CO[C@@H]1CCC[C@@]12CCCN(C(=O)Cc1ccc(F)cc1Cl)C2. The molecule has 2 atom stereocenters. The molecule has 3 rings (SSSR count). The average Bonchev–Trinajstić information content (AvgIpc) is 2.92. The van der Waals surface area contributed by atoms with Crippen molar-refractivity contribution in [2.75, 3.05) is 20.2 Å². The maximum atomic E-state index is 13.1. The van der Waals surface area contributed by atoms with Gasteiger partial charge in [0.15, 0.2) is 0 Å². The zero-order valence-corrected chi connectivity index (χ0v) is 14.2. The van der Waals surface area contributed by atoms with Gasteiger partial charge in [0.1, 0.15) is 5.82 Å². The van der Waals surface area contributed by atoms with Gasteiger partial charge < -0.3 is 9.64 Å². The van der Waals surface area contributed by atoms with Gasteiger partial charge in [0, 0.05) is 30.6 Å². The summed E-state index contributed by atoms with van der Waals surface area (Å²) in [6.45, 7) is 1.55. The van der Waals surface area contributed by atoms with Gasteiger partial charge in [0.25, 0.3) is 0 Å². The number of halogens is 2. The maximum Gasteiger partial charge on any atom is 0.227 e. The van der Waals surface area contributed by atoms with Crippen LogP contribution in [0.3, 0.4) is 0 Å². The molecule has 126 valence electrons. The molecule has 1 amide bonds. The van der Waals surface area contributed by atoms with Gasteiger partial charge in [-0.05, 0) is 43.4 Å². The van der Waals surface area contributed by atoms with E-state index in [4.69, 9.17) is 16.3 Å². The number of likely N-dealkylation sites (tertiary alicyclic amines) is 1. The summed E-state index contributed by atoms with van der Waals surface area (Å²) < 4.78 is 18.8. The maximum absolute atomic E-state index is 13.1. The number of benzene rings is 1. The van der Waals surface area contributed by atoms with Crippen molar-refractivity contribution in [3.05, 3.63) is 34.6 Å². The standard InChI is InChI=1S/C18H23ClFNO2/c1-23-16-4-2-7-18(16)8-3-9-21(12-18)17(22)10-13-5-6-14(20)11-15(13)19/h5-6,11,16H,2-4,7-10,12H2,1H3/t16-,18+/m1/s1. The number of hydrogen-bond acceptors (Lipinski definition) is 2. The number of ether oxygens (including phenoxy) is 1. The first kappa shape index (κ1) is 16.7. The van der Waals surface area contributed by atoms with Crippen LogP contribution in [0.5, 0.6) is 0 Å². The number of carbonyl (C=O) groups is 1. The molecule has 5 heteroatoms. The van der Waals surface area contributed by atoms with Gasteiger partial charge in [-0.2, -0.15) is 0 Å². The topological polar surface area (TPSA) is 29.5 Å². The molecule has 0 aromatic heterocycles. The minimum absolute atomic E-state index is 0.0688. The van der Waals surface area contributed by atoms with Crippen LogP contribution in [0.15, 0.2) is 18.2 Å². The van der Waals surface area contributed by atoms with Crippen molar-refractivity contribution >= 4 is 17.5 Å². The highest BCUT2D eigenvalue weighted by Crippen LogP contribution is 2.46. The fraction of sp³-hybridized carbons (Fsp3) is 0.611. The number of rotatable bonds is 3. The van der Waals surface area contributed by atoms with Gasteiger partial charge in [-0.1, -0.05) is 24.1 Å². The number of carbonyl (C=O) groups excluding carboxylic acids is 1. The average molecular weight is 340 g/mol. The molecule has 1 saturated carbocycles. The predicted molar refractivity (Wildman–Crippen MR) is 88.0 cm³/mol. The van der Waals surface area contributed by atoms with Crippen LogP contribution < -0.4 is 0 Å². The molecule has 23 heavy (non-hydrogen) atoms. The van der Waals surface area contributed by atoms with Crippen LogP contribution in [0, 0.1) is 11.2 Å². The smallest absolute Gasteiger partial charge is 0.227 e. The summed E-state index contributed by atoms with van der Waals surface area (Å²) >= 11 is 6.05. The normalized spacial score (nSPS) is 27.6.